The number of amides is 1. The molecule has 1 aliphatic rings. The summed E-state index contributed by atoms with van der Waals surface area (Å²) in [5.74, 6) is 0.425. The van der Waals surface area contributed by atoms with Crippen molar-refractivity contribution in [3.8, 4) is 0 Å². The Morgan fingerprint density at radius 1 is 1.50 bits per heavy atom. The molecule has 1 atom stereocenters. The Bertz CT molecular complexity index is 673. The van der Waals surface area contributed by atoms with Crippen molar-refractivity contribution in [3.05, 3.63) is 41.8 Å². The number of halogens is 1. The van der Waals surface area contributed by atoms with Gasteiger partial charge in [-0.3, -0.25) is 4.79 Å². The van der Waals surface area contributed by atoms with Gasteiger partial charge in [-0.25, -0.2) is 4.39 Å². The van der Waals surface area contributed by atoms with Gasteiger partial charge in [-0.2, -0.15) is 4.98 Å². The second-order valence-corrected chi connectivity index (χ2v) is 5.34. The van der Waals surface area contributed by atoms with Gasteiger partial charge in [0.1, 0.15) is 5.82 Å². The number of benzene rings is 1. The minimum Gasteiger partial charge on any atom is -0.368 e. The van der Waals surface area contributed by atoms with Gasteiger partial charge in [0, 0.05) is 13.1 Å². The summed E-state index contributed by atoms with van der Waals surface area (Å²) in [7, 11) is 0. The molecule has 0 saturated carbocycles. The van der Waals surface area contributed by atoms with Gasteiger partial charge in [-0.15, -0.1) is 0 Å². The fraction of sp³-hybridized carbons (Fsp3) is 0.400. The van der Waals surface area contributed by atoms with Crippen molar-refractivity contribution in [3.63, 3.8) is 0 Å². The molecule has 1 saturated heterocycles. The van der Waals surface area contributed by atoms with E-state index in [0.717, 1.165) is 0 Å². The molecule has 6 nitrogen and oxygen atoms in total. The molecule has 2 aromatic rings. The van der Waals surface area contributed by atoms with Crippen molar-refractivity contribution in [2.75, 3.05) is 18.0 Å². The van der Waals surface area contributed by atoms with E-state index >= 15 is 0 Å². The third-order valence-electron chi connectivity index (χ3n) is 3.74. The van der Waals surface area contributed by atoms with Crippen LogP contribution in [0, 0.1) is 18.7 Å². The molecule has 2 heterocycles. The standard InChI is InChI=1S/C15H17FN4O2/c1-10-18-14(22-19-10)8-17-15(21)11-6-7-20(9-11)13-5-3-2-4-12(13)16/h2-5,11H,6-9H2,1H3,(H,17,21). The van der Waals surface area contributed by atoms with Gasteiger partial charge in [0.25, 0.3) is 0 Å². The average Bonchev–Trinajstić information content (AvgIpc) is 3.14. The van der Waals surface area contributed by atoms with Crippen LogP contribution in [-0.4, -0.2) is 29.1 Å². The van der Waals surface area contributed by atoms with Crippen molar-refractivity contribution in [1.29, 1.82) is 0 Å². The number of hydrogen-bond donors (Lipinski definition) is 1. The summed E-state index contributed by atoms with van der Waals surface area (Å²) in [5.41, 5.74) is 0.547. The summed E-state index contributed by atoms with van der Waals surface area (Å²) in [6, 6.07) is 6.62. The molecule has 1 aromatic heterocycles. The number of hydrogen-bond acceptors (Lipinski definition) is 5. The van der Waals surface area contributed by atoms with Crippen LogP contribution in [0.3, 0.4) is 0 Å². The summed E-state index contributed by atoms with van der Waals surface area (Å²) in [4.78, 5) is 18.1. The molecule has 1 fully saturated rings. The van der Waals surface area contributed by atoms with E-state index in [1.807, 2.05) is 4.90 Å². The number of nitrogens with one attached hydrogen (secondary N) is 1. The largest absolute Gasteiger partial charge is 0.368 e. The Morgan fingerprint density at radius 3 is 3.05 bits per heavy atom. The van der Waals surface area contributed by atoms with Crippen LogP contribution in [0.25, 0.3) is 0 Å². The molecule has 3 rings (SSSR count). The van der Waals surface area contributed by atoms with E-state index in [-0.39, 0.29) is 24.2 Å². The summed E-state index contributed by atoms with van der Waals surface area (Å²) >= 11 is 0. The van der Waals surface area contributed by atoms with E-state index in [0.29, 0.717) is 36.9 Å². The maximum Gasteiger partial charge on any atom is 0.246 e. The molecule has 1 N–H and O–H groups in total. The first kappa shape index (κ1) is 14.5. The van der Waals surface area contributed by atoms with Crippen LogP contribution >= 0.6 is 0 Å². The third-order valence-corrected chi connectivity index (χ3v) is 3.74. The molecule has 7 heteroatoms. The van der Waals surface area contributed by atoms with Gasteiger partial charge in [0.15, 0.2) is 5.82 Å². The van der Waals surface area contributed by atoms with Gasteiger partial charge in [0.2, 0.25) is 11.8 Å². The molecular weight excluding hydrogens is 287 g/mol. The maximum atomic E-state index is 13.8. The molecule has 1 aromatic carbocycles. The normalized spacial score (nSPS) is 17.7. The summed E-state index contributed by atoms with van der Waals surface area (Å²) in [6.45, 7) is 3.11. The van der Waals surface area contributed by atoms with E-state index in [9.17, 15) is 9.18 Å². The lowest BCUT2D eigenvalue weighted by molar-refractivity contribution is -0.124. The minimum atomic E-state index is -0.259. The summed E-state index contributed by atoms with van der Waals surface area (Å²) in [6.07, 6.45) is 0.697. The first-order valence-corrected chi connectivity index (χ1v) is 7.20. The van der Waals surface area contributed by atoms with Crippen molar-refractivity contribution in [2.45, 2.75) is 19.9 Å². The van der Waals surface area contributed by atoms with Crippen molar-refractivity contribution < 1.29 is 13.7 Å². The second-order valence-electron chi connectivity index (χ2n) is 5.34. The Morgan fingerprint density at radius 2 is 2.32 bits per heavy atom. The van der Waals surface area contributed by atoms with E-state index in [2.05, 4.69) is 15.5 Å². The topological polar surface area (TPSA) is 71.3 Å². The number of aryl methyl sites for hydroxylation is 1. The maximum absolute atomic E-state index is 13.8. The minimum absolute atomic E-state index is 0.0744. The predicted molar refractivity (Wildman–Crippen MR) is 77.6 cm³/mol. The highest BCUT2D eigenvalue weighted by atomic mass is 19.1. The molecule has 0 bridgehead atoms. The van der Waals surface area contributed by atoms with Crippen LogP contribution in [0.4, 0.5) is 10.1 Å². The monoisotopic (exact) mass is 304 g/mol. The Hall–Kier alpha value is -2.44. The van der Waals surface area contributed by atoms with Crippen LogP contribution in [0.5, 0.6) is 0 Å². The Balaban J connectivity index is 1.56. The second kappa shape index (κ2) is 6.13. The van der Waals surface area contributed by atoms with Crippen molar-refractivity contribution in [1.82, 2.24) is 15.5 Å². The van der Waals surface area contributed by atoms with Crippen LogP contribution in [0.15, 0.2) is 28.8 Å². The predicted octanol–water partition coefficient (Wildman–Crippen LogP) is 1.66. The Labute approximate surface area is 127 Å². The molecule has 0 aliphatic carbocycles. The molecule has 22 heavy (non-hydrogen) atoms. The quantitative estimate of drug-likeness (QED) is 0.930. The number of nitrogens with zero attached hydrogens (tertiary/aromatic N) is 3. The lowest BCUT2D eigenvalue weighted by Gasteiger charge is -2.19. The SMILES string of the molecule is Cc1noc(CNC(=O)C2CCN(c3ccccc3F)C2)n1. The van der Waals surface area contributed by atoms with Gasteiger partial charge >= 0.3 is 0 Å². The summed E-state index contributed by atoms with van der Waals surface area (Å²) < 4.78 is 18.7. The highest BCUT2D eigenvalue weighted by Crippen LogP contribution is 2.26. The van der Waals surface area contributed by atoms with Gasteiger partial charge in [-0.1, -0.05) is 17.3 Å². The van der Waals surface area contributed by atoms with Gasteiger partial charge < -0.3 is 14.7 Å². The molecule has 116 valence electrons. The molecule has 1 aliphatic heterocycles. The highest BCUT2D eigenvalue weighted by Gasteiger charge is 2.29. The zero-order chi connectivity index (χ0) is 15.5. The molecule has 0 radical (unpaired) electrons. The number of carbonyl (C=O) groups is 1. The zero-order valence-electron chi connectivity index (χ0n) is 12.3. The van der Waals surface area contributed by atoms with Crippen molar-refractivity contribution >= 4 is 11.6 Å². The lowest BCUT2D eigenvalue weighted by atomic mass is 10.1. The first-order valence-electron chi connectivity index (χ1n) is 7.20. The lowest BCUT2D eigenvalue weighted by Crippen LogP contribution is -2.32. The van der Waals surface area contributed by atoms with E-state index in [4.69, 9.17) is 4.52 Å². The number of para-hydroxylation sites is 1. The average molecular weight is 304 g/mol. The molecule has 1 amide bonds. The summed E-state index contributed by atoms with van der Waals surface area (Å²) in [5, 5.41) is 6.45. The molecule has 0 spiro atoms. The van der Waals surface area contributed by atoms with Crippen LogP contribution in [-0.2, 0) is 11.3 Å². The van der Waals surface area contributed by atoms with Crippen molar-refractivity contribution in [2.24, 2.45) is 5.92 Å². The third kappa shape index (κ3) is 3.08. The Kier molecular flexibility index (Phi) is 4.04. The highest BCUT2D eigenvalue weighted by molar-refractivity contribution is 5.80. The van der Waals surface area contributed by atoms with E-state index in [1.165, 1.54) is 6.07 Å². The number of rotatable bonds is 4. The van der Waals surface area contributed by atoms with Crippen LogP contribution in [0.2, 0.25) is 0 Å². The molecular formula is C15H17FN4O2. The fourth-order valence-corrected chi connectivity index (χ4v) is 2.62. The zero-order valence-corrected chi connectivity index (χ0v) is 12.3. The number of carbonyl (C=O) groups excluding carboxylic acids is 1. The van der Waals surface area contributed by atoms with Gasteiger partial charge in [-0.05, 0) is 25.5 Å². The van der Waals surface area contributed by atoms with Crippen LogP contribution in [0.1, 0.15) is 18.1 Å². The smallest absolute Gasteiger partial charge is 0.246 e. The van der Waals surface area contributed by atoms with Gasteiger partial charge in [0.05, 0.1) is 18.2 Å². The van der Waals surface area contributed by atoms with Crippen LogP contribution < -0.4 is 10.2 Å². The van der Waals surface area contributed by atoms with E-state index < -0.39 is 0 Å². The molecule has 1 unspecified atom stereocenters. The van der Waals surface area contributed by atoms with E-state index in [1.54, 1.807) is 25.1 Å². The number of aromatic nitrogens is 2. The fourth-order valence-electron chi connectivity index (χ4n) is 2.62. The number of anilines is 1. The first-order chi connectivity index (χ1) is 10.6.